The van der Waals surface area contributed by atoms with E-state index < -0.39 is 37.6 Å². The van der Waals surface area contributed by atoms with Gasteiger partial charge in [0, 0.05) is 34.9 Å². The van der Waals surface area contributed by atoms with E-state index in [9.17, 15) is 19.5 Å². The van der Waals surface area contributed by atoms with Crippen molar-refractivity contribution in [3.05, 3.63) is 89.0 Å². The van der Waals surface area contributed by atoms with Gasteiger partial charge in [0.15, 0.2) is 5.60 Å². The molecule has 5 heterocycles. The van der Waals surface area contributed by atoms with Crippen LogP contribution in [0.5, 0.6) is 0 Å². The zero-order valence-electron chi connectivity index (χ0n) is 32.9. The van der Waals surface area contributed by atoms with E-state index in [-0.39, 0.29) is 55.3 Å². The van der Waals surface area contributed by atoms with Crippen LogP contribution in [0.1, 0.15) is 61.3 Å². The Morgan fingerprint density at radius 3 is 2.23 bits per heavy atom. The molecule has 0 aliphatic carbocycles. The largest absolute Gasteiger partial charge is 0.394 e. The Labute approximate surface area is 334 Å². The minimum absolute atomic E-state index is 0.106. The SMILES string of the molecule is C[C@@H]1[C@@H]([Si](C)(C)F)[C@H](CC(=O)N2Cc3ccccc3C[C@H]2CO)O[C@@]12C(=O)N(Cc1cccc(NC(=O)[C@H]3CCCN3)c1)c1ccc(NC(=O)[C@H]3CCCN3)cc12. The topological polar surface area (TPSA) is 152 Å². The van der Waals surface area contributed by atoms with Crippen LogP contribution in [0.25, 0.3) is 0 Å². The Morgan fingerprint density at radius 2 is 1.60 bits per heavy atom. The molecular formula is C43H53FN6O6Si. The summed E-state index contributed by atoms with van der Waals surface area (Å²) < 4.78 is 23.7. The minimum Gasteiger partial charge on any atom is -0.394 e. The van der Waals surface area contributed by atoms with Crippen LogP contribution < -0.4 is 26.2 Å². The van der Waals surface area contributed by atoms with Gasteiger partial charge in [0.25, 0.3) is 5.91 Å². The van der Waals surface area contributed by atoms with Crippen molar-refractivity contribution < 1.29 is 33.1 Å². The van der Waals surface area contributed by atoms with E-state index in [1.807, 2.05) is 55.5 Å². The molecule has 3 fully saturated rings. The minimum atomic E-state index is -3.62. The Bertz CT molecular complexity index is 2050. The second-order valence-electron chi connectivity index (χ2n) is 16.9. The lowest BCUT2D eigenvalue weighted by Gasteiger charge is -2.37. The maximum Gasteiger partial charge on any atom is 0.264 e. The Hall–Kier alpha value is -4.47. The molecule has 1 spiro atoms. The number of aliphatic hydroxyl groups is 1. The smallest absolute Gasteiger partial charge is 0.264 e. The fourth-order valence-electron chi connectivity index (χ4n) is 10.0. The van der Waals surface area contributed by atoms with Crippen LogP contribution in [0.2, 0.25) is 18.6 Å². The van der Waals surface area contributed by atoms with Gasteiger partial charge >= 0.3 is 0 Å². The van der Waals surface area contributed by atoms with Gasteiger partial charge in [-0.2, -0.15) is 0 Å². The van der Waals surface area contributed by atoms with E-state index in [4.69, 9.17) is 4.74 Å². The molecular weight excluding hydrogens is 744 g/mol. The van der Waals surface area contributed by atoms with E-state index in [1.54, 1.807) is 41.1 Å². The second kappa shape index (κ2) is 15.7. The first-order valence-corrected chi connectivity index (χ1v) is 23.3. The van der Waals surface area contributed by atoms with Crippen molar-refractivity contribution in [3.8, 4) is 0 Å². The number of rotatable bonds is 10. The fraction of sp³-hybridized carbons (Fsp3) is 0.488. The third-order valence-electron chi connectivity index (χ3n) is 12.8. The van der Waals surface area contributed by atoms with Gasteiger partial charge in [0.1, 0.15) is 0 Å². The van der Waals surface area contributed by atoms with Crippen molar-refractivity contribution in [2.24, 2.45) is 5.92 Å². The zero-order valence-corrected chi connectivity index (χ0v) is 33.9. The van der Waals surface area contributed by atoms with Gasteiger partial charge in [-0.3, -0.25) is 19.2 Å². The molecule has 5 N–H and O–H groups in total. The molecule has 3 aromatic carbocycles. The van der Waals surface area contributed by atoms with Crippen LogP contribution in [0.3, 0.4) is 0 Å². The summed E-state index contributed by atoms with van der Waals surface area (Å²) in [4.78, 5) is 59.0. The molecule has 0 bridgehead atoms. The molecule has 3 saturated heterocycles. The van der Waals surface area contributed by atoms with Gasteiger partial charge in [0.05, 0.1) is 49.5 Å². The number of nitrogens with zero attached hydrogens (tertiary/aromatic N) is 2. The summed E-state index contributed by atoms with van der Waals surface area (Å²) >= 11 is 0. The monoisotopic (exact) mass is 796 g/mol. The standard InChI is InChI=1S/C43H53FN6O6Si/c1-26-39(57(2,3)44)37(22-38(52)49-24-29-11-5-4-10-28(29)20-32(49)25-51)56-43(26)33-21-31(48-41(54)35-14-8-18-46-35)15-16-36(33)50(42(43)55)23-27-9-6-12-30(19-27)47-40(53)34-13-7-17-45-34/h4-6,9-12,15-16,19,21,26,32,34-35,37,39,45-46,51H,7-8,13-14,17-18,20,22-25H2,1-3H3,(H,47,53)(H,48,54)/t26-,32+,34-,35-,37+,39-,43+/m1/s1. The van der Waals surface area contributed by atoms with Gasteiger partial charge in [-0.05, 0) is 105 Å². The first-order valence-electron chi connectivity index (χ1n) is 20.3. The first kappa shape index (κ1) is 39.4. The number of aliphatic hydroxyl groups excluding tert-OH is 1. The molecule has 0 aromatic heterocycles. The number of ether oxygens (including phenoxy) is 1. The molecule has 5 aliphatic rings. The molecule has 14 heteroatoms. The fourth-order valence-corrected chi connectivity index (χ4v) is 12.5. The van der Waals surface area contributed by atoms with Gasteiger partial charge in [0.2, 0.25) is 26.1 Å². The highest BCUT2D eigenvalue weighted by molar-refractivity contribution is 6.72. The maximum atomic E-state index is 16.8. The van der Waals surface area contributed by atoms with Crippen molar-refractivity contribution in [3.63, 3.8) is 0 Å². The molecule has 7 atom stereocenters. The van der Waals surface area contributed by atoms with Gasteiger partial charge in [-0.1, -0.05) is 43.3 Å². The van der Waals surface area contributed by atoms with Crippen molar-refractivity contribution in [1.29, 1.82) is 0 Å². The van der Waals surface area contributed by atoms with Gasteiger partial charge in [-0.15, -0.1) is 0 Å². The summed E-state index contributed by atoms with van der Waals surface area (Å²) in [6.07, 6.45) is 2.76. The highest BCUT2D eigenvalue weighted by atomic mass is 28.4. The molecule has 5 aliphatic heterocycles. The maximum absolute atomic E-state index is 16.8. The third kappa shape index (κ3) is 7.42. The van der Waals surface area contributed by atoms with Crippen LogP contribution in [-0.2, 0) is 49.0 Å². The summed E-state index contributed by atoms with van der Waals surface area (Å²) in [5.41, 5.74) is 2.68. The van der Waals surface area contributed by atoms with E-state index in [2.05, 4.69) is 21.3 Å². The number of anilines is 3. The molecule has 302 valence electrons. The summed E-state index contributed by atoms with van der Waals surface area (Å²) in [6.45, 7) is 6.86. The predicted molar refractivity (Wildman–Crippen MR) is 218 cm³/mol. The van der Waals surface area contributed by atoms with Gasteiger partial charge < -0.3 is 45.0 Å². The van der Waals surface area contributed by atoms with Crippen LogP contribution in [0.4, 0.5) is 21.2 Å². The normalized spacial score (nSPS) is 28.1. The number of halogens is 1. The number of nitrogens with one attached hydrogen (secondary N) is 4. The summed E-state index contributed by atoms with van der Waals surface area (Å²) in [5, 5.41) is 22.8. The Morgan fingerprint density at radius 1 is 0.930 bits per heavy atom. The predicted octanol–water partition coefficient (Wildman–Crippen LogP) is 4.73. The van der Waals surface area contributed by atoms with Crippen molar-refractivity contribution >= 4 is 49.1 Å². The quantitative estimate of drug-likeness (QED) is 0.146. The third-order valence-corrected chi connectivity index (χ3v) is 15.2. The summed E-state index contributed by atoms with van der Waals surface area (Å²) in [5.74, 6) is -1.57. The number of amides is 4. The molecule has 57 heavy (non-hydrogen) atoms. The molecule has 12 nitrogen and oxygen atoms in total. The number of carbonyl (C=O) groups is 4. The number of hydrogen-bond donors (Lipinski definition) is 5. The number of fused-ring (bicyclic) bond motifs is 3. The average Bonchev–Trinajstić information content (AvgIpc) is 4.01. The van der Waals surface area contributed by atoms with E-state index in [1.165, 1.54) is 0 Å². The van der Waals surface area contributed by atoms with Gasteiger partial charge in [-0.25, -0.2) is 0 Å². The number of benzene rings is 3. The summed E-state index contributed by atoms with van der Waals surface area (Å²) in [6, 6.07) is 19.6. The Balaban J connectivity index is 1.13. The van der Waals surface area contributed by atoms with Crippen molar-refractivity contribution in [2.45, 2.75) is 107 Å². The highest BCUT2D eigenvalue weighted by Gasteiger charge is 2.67. The molecule has 8 rings (SSSR count). The number of hydrogen-bond acceptors (Lipinski definition) is 8. The summed E-state index contributed by atoms with van der Waals surface area (Å²) in [7, 11) is -3.62. The van der Waals surface area contributed by atoms with E-state index >= 15 is 8.90 Å². The highest BCUT2D eigenvalue weighted by Crippen LogP contribution is 2.60. The van der Waals surface area contributed by atoms with Crippen LogP contribution >= 0.6 is 0 Å². The van der Waals surface area contributed by atoms with E-state index in [0.717, 1.165) is 55.5 Å². The molecule has 3 aromatic rings. The van der Waals surface area contributed by atoms with Crippen LogP contribution in [0, 0.1) is 5.92 Å². The van der Waals surface area contributed by atoms with Crippen LogP contribution in [0.15, 0.2) is 66.7 Å². The second-order valence-corrected chi connectivity index (χ2v) is 20.7. The van der Waals surface area contributed by atoms with Crippen molar-refractivity contribution in [1.82, 2.24) is 15.5 Å². The first-order chi connectivity index (χ1) is 27.4. The van der Waals surface area contributed by atoms with Crippen molar-refractivity contribution in [2.75, 3.05) is 35.2 Å². The lowest BCUT2D eigenvalue weighted by atomic mass is 9.82. The number of carbonyl (C=O) groups excluding carboxylic acids is 4. The molecule has 0 unspecified atom stereocenters. The lowest BCUT2D eigenvalue weighted by molar-refractivity contribution is -0.151. The lowest BCUT2D eigenvalue weighted by Crippen LogP contribution is -2.48. The molecule has 0 saturated carbocycles. The molecule has 4 amide bonds. The van der Waals surface area contributed by atoms with Crippen LogP contribution in [-0.4, -0.2) is 86.0 Å². The Kier molecular flexibility index (Phi) is 10.8. The van der Waals surface area contributed by atoms with E-state index in [0.29, 0.717) is 35.6 Å². The zero-order chi connectivity index (χ0) is 40.1. The molecule has 0 radical (unpaired) electrons. The average molecular weight is 797 g/mol.